The Hall–Kier alpha value is -4.83. The first-order valence-corrected chi connectivity index (χ1v) is 13.2. The molecule has 4 rings (SSSR count). The normalized spacial score (nSPS) is 11.8. The van der Waals surface area contributed by atoms with E-state index in [1.807, 2.05) is 36.4 Å². The topological polar surface area (TPSA) is 115 Å². The molecule has 3 N–H and O–H groups in total. The number of nitrogens with one attached hydrogen (secondary N) is 3. The molecular weight excluding hydrogens is 522 g/mol. The monoisotopic (exact) mass is 558 g/mol. The van der Waals surface area contributed by atoms with Crippen LogP contribution in [0.5, 0.6) is 5.75 Å². The van der Waals surface area contributed by atoms with Gasteiger partial charge in [-0.1, -0.05) is 42.5 Å². The number of oxazole rings is 1. The summed E-state index contributed by atoms with van der Waals surface area (Å²) < 4.78 is 17.4. The van der Waals surface area contributed by atoms with Crippen molar-refractivity contribution in [1.29, 1.82) is 0 Å². The second-order valence-corrected chi connectivity index (χ2v) is 10.5. The third-order valence-corrected chi connectivity index (χ3v) is 6.26. The van der Waals surface area contributed by atoms with E-state index in [1.165, 1.54) is 6.39 Å². The number of methoxy groups -OCH3 is 1. The maximum absolute atomic E-state index is 12.7. The van der Waals surface area contributed by atoms with Gasteiger partial charge in [-0.3, -0.25) is 0 Å². The van der Waals surface area contributed by atoms with Crippen molar-refractivity contribution in [1.82, 2.24) is 10.3 Å². The lowest BCUT2D eigenvalue weighted by molar-refractivity contribution is -0.871. The minimum absolute atomic E-state index is 0.243. The number of anilines is 2. The van der Waals surface area contributed by atoms with Crippen molar-refractivity contribution in [3.63, 3.8) is 0 Å². The van der Waals surface area contributed by atoms with Gasteiger partial charge in [0.2, 0.25) is 0 Å². The van der Waals surface area contributed by atoms with Gasteiger partial charge in [-0.05, 0) is 35.4 Å². The van der Waals surface area contributed by atoms with Crippen LogP contribution in [0.3, 0.4) is 0 Å². The zero-order valence-corrected chi connectivity index (χ0v) is 23.7. The van der Waals surface area contributed by atoms with Crippen molar-refractivity contribution >= 4 is 23.5 Å². The van der Waals surface area contributed by atoms with E-state index in [0.717, 1.165) is 27.7 Å². The number of quaternary nitrogens is 1. The van der Waals surface area contributed by atoms with Crippen molar-refractivity contribution in [2.24, 2.45) is 0 Å². The highest BCUT2D eigenvalue weighted by molar-refractivity contribution is 6.00. The maximum Gasteiger partial charge on any atom is 0.408 e. The van der Waals surface area contributed by atoms with Crippen LogP contribution < -0.4 is 20.7 Å². The first kappa shape index (κ1) is 29.2. The van der Waals surface area contributed by atoms with E-state index in [-0.39, 0.29) is 12.6 Å². The van der Waals surface area contributed by atoms with Crippen molar-refractivity contribution < 1.29 is 28.0 Å². The van der Waals surface area contributed by atoms with Gasteiger partial charge in [0.25, 0.3) is 0 Å². The summed E-state index contributed by atoms with van der Waals surface area (Å²) in [4.78, 5) is 29.3. The highest BCUT2D eigenvalue weighted by Gasteiger charge is 2.20. The van der Waals surface area contributed by atoms with E-state index in [9.17, 15) is 9.59 Å². The Morgan fingerprint density at radius 2 is 1.71 bits per heavy atom. The summed E-state index contributed by atoms with van der Waals surface area (Å²) in [5.41, 5.74) is 3.60. The molecule has 0 saturated heterocycles. The predicted molar refractivity (Wildman–Crippen MR) is 158 cm³/mol. The Morgan fingerprint density at radius 3 is 2.39 bits per heavy atom. The smallest absolute Gasteiger partial charge is 0.408 e. The van der Waals surface area contributed by atoms with E-state index in [0.29, 0.717) is 29.3 Å². The molecule has 0 aliphatic rings. The van der Waals surface area contributed by atoms with Gasteiger partial charge in [0.05, 0.1) is 46.6 Å². The van der Waals surface area contributed by atoms with Gasteiger partial charge < -0.3 is 34.3 Å². The molecule has 4 aromatic rings. The van der Waals surface area contributed by atoms with E-state index < -0.39 is 12.1 Å². The average molecular weight is 559 g/mol. The molecule has 41 heavy (non-hydrogen) atoms. The third kappa shape index (κ3) is 8.84. The molecule has 3 amide bonds. The number of hydrogen-bond acceptors (Lipinski definition) is 6. The average Bonchev–Trinajstić information content (AvgIpc) is 3.49. The molecule has 10 nitrogen and oxygen atoms in total. The fraction of sp³-hybridized carbons (Fsp3) is 0.258. The van der Waals surface area contributed by atoms with Crippen molar-refractivity contribution in [3.05, 3.63) is 96.5 Å². The lowest BCUT2D eigenvalue weighted by Crippen LogP contribution is -2.37. The minimum Gasteiger partial charge on any atom is -0.496 e. The standard InChI is InChI=1S/C31H35N5O5/c1-36(2,3)16-15-27(23-10-6-5-7-11-23)41-31(38)33-19-22-9-8-12-24(17-22)34-30(37)35-25-13-14-26(28(18-25)39-4)29-20-32-21-40-29/h5-14,17-18,20-21,27H,15-16,19H2,1-4H3,(H2-,33,34,35,37,38)/p+1. The molecule has 1 aromatic heterocycles. The Balaban J connectivity index is 1.32. The lowest BCUT2D eigenvalue weighted by Gasteiger charge is -2.27. The summed E-state index contributed by atoms with van der Waals surface area (Å²) in [6.07, 6.45) is 2.78. The zero-order chi connectivity index (χ0) is 29.2. The fourth-order valence-electron chi connectivity index (χ4n) is 4.18. The van der Waals surface area contributed by atoms with E-state index in [1.54, 1.807) is 49.7 Å². The number of carbonyl (C=O) groups is 2. The van der Waals surface area contributed by atoms with Gasteiger partial charge in [-0.25, -0.2) is 14.6 Å². The Morgan fingerprint density at radius 1 is 0.951 bits per heavy atom. The summed E-state index contributed by atoms with van der Waals surface area (Å²) in [5.74, 6) is 1.10. The minimum atomic E-state index is -0.501. The number of urea groups is 1. The van der Waals surface area contributed by atoms with Gasteiger partial charge in [0.15, 0.2) is 12.2 Å². The first-order chi connectivity index (χ1) is 19.7. The molecule has 1 heterocycles. The number of aromatic nitrogens is 1. The van der Waals surface area contributed by atoms with Crippen LogP contribution >= 0.6 is 0 Å². The van der Waals surface area contributed by atoms with Crippen molar-refractivity contribution in [2.75, 3.05) is 45.4 Å². The Labute approximate surface area is 239 Å². The molecule has 0 aliphatic carbocycles. The van der Waals surface area contributed by atoms with Crippen molar-refractivity contribution in [2.45, 2.75) is 19.1 Å². The molecule has 0 spiro atoms. The van der Waals surface area contributed by atoms with Crippen LogP contribution in [0.2, 0.25) is 0 Å². The van der Waals surface area contributed by atoms with Crippen LogP contribution in [-0.2, 0) is 11.3 Å². The van der Waals surface area contributed by atoms with Gasteiger partial charge in [-0.2, -0.15) is 0 Å². The molecule has 214 valence electrons. The molecule has 1 unspecified atom stereocenters. The number of rotatable bonds is 11. The predicted octanol–water partition coefficient (Wildman–Crippen LogP) is 6.06. The largest absolute Gasteiger partial charge is 0.496 e. The van der Waals surface area contributed by atoms with E-state index in [4.69, 9.17) is 13.9 Å². The summed E-state index contributed by atoms with van der Waals surface area (Å²) in [5, 5.41) is 8.44. The number of amides is 3. The van der Waals surface area contributed by atoms with Crippen LogP contribution in [0.1, 0.15) is 23.7 Å². The summed E-state index contributed by atoms with van der Waals surface area (Å²) >= 11 is 0. The molecule has 0 radical (unpaired) electrons. The number of hydrogen-bond donors (Lipinski definition) is 3. The first-order valence-electron chi connectivity index (χ1n) is 13.2. The number of alkyl carbamates (subject to hydrolysis) is 1. The molecule has 0 fully saturated rings. The van der Waals surface area contributed by atoms with Gasteiger partial charge >= 0.3 is 12.1 Å². The lowest BCUT2D eigenvalue weighted by atomic mass is 10.1. The number of benzene rings is 3. The molecule has 10 heteroatoms. The van der Waals surface area contributed by atoms with Crippen LogP contribution in [-0.4, -0.2) is 56.4 Å². The SMILES string of the molecule is COc1cc(NC(=O)Nc2cccc(CNC(=O)OC(CC[N+](C)(C)C)c3ccccc3)c2)ccc1-c1cnco1. The van der Waals surface area contributed by atoms with E-state index >= 15 is 0 Å². The third-order valence-electron chi connectivity index (χ3n) is 6.26. The molecular formula is C31H36N5O5+. The number of nitrogens with zero attached hydrogens (tertiary/aromatic N) is 2. The van der Waals surface area contributed by atoms with E-state index in [2.05, 4.69) is 42.1 Å². The second kappa shape index (κ2) is 13.5. The van der Waals surface area contributed by atoms with Crippen LogP contribution in [0.4, 0.5) is 21.0 Å². The van der Waals surface area contributed by atoms with Gasteiger partial charge in [-0.15, -0.1) is 0 Å². The van der Waals surface area contributed by atoms with Crippen LogP contribution in [0.15, 0.2) is 89.8 Å². The van der Waals surface area contributed by atoms with Crippen LogP contribution in [0, 0.1) is 0 Å². The summed E-state index contributed by atoms with van der Waals surface area (Å²) in [7, 11) is 7.87. The molecule has 0 aliphatic heterocycles. The maximum atomic E-state index is 12.7. The summed E-state index contributed by atoms with van der Waals surface area (Å²) in [6.45, 7) is 1.09. The quantitative estimate of drug-likeness (QED) is 0.193. The van der Waals surface area contributed by atoms with Crippen molar-refractivity contribution in [3.8, 4) is 17.1 Å². The Kier molecular flexibility index (Phi) is 9.60. The van der Waals surface area contributed by atoms with Gasteiger partial charge in [0.1, 0.15) is 11.9 Å². The Bertz CT molecular complexity index is 1440. The van der Waals surface area contributed by atoms with Crippen LogP contribution in [0.25, 0.3) is 11.3 Å². The summed E-state index contributed by atoms with van der Waals surface area (Å²) in [6, 6.07) is 21.8. The highest BCUT2D eigenvalue weighted by Crippen LogP contribution is 2.32. The second-order valence-electron chi connectivity index (χ2n) is 10.5. The number of ether oxygens (including phenoxy) is 2. The van der Waals surface area contributed by atoms with Gasteiger partial charge in [0, 0.05) is 30.4 Å². The molecule has 3 aromatic carbocycles. The molecule has 0 bridgehead atoms. The molecule has 1 atom stereocenters. The molecule has 0 saturated carbocycles. The fourth-order valence-corrected chi connectivity index (χ4v) is 4.18. The zero-order valence-electron chi connectivity index (χ0n) is 23.7. The highest BCUT2D eigenvalue weighted by atomic mass is 16.6. The number of carbonyl (C=O) groups excluding carboxylic acids is 2.